The summed E-state index contributed by atoms with van der Waals surface area (Å²) in [5, 5.41) is 19.4. The molecule has 2 heterocycles. The summed E-state index contributed by atoms with van der Waals surface area (Å²) in [5.74, 6) is 0.176. The van der Waals surface area contributed by atoms with Gasteiger partial charge in [0.05, 0.1) is 11.9 Å². The first-order valence-electron chi connectivity index (χ1n) is 7.52. The highest BCUT2D eigenvalue weighted by atomic mass is 16.3. The molecule has 5 nitrogen and oxygen atoms in total. The zero-order chi connectivity index (χ0) is 14.9. The summed E-state index contributed by atoms with van der Waals surface area (Å²) >= 11 is 0. The Hall–Kier alpha value is -2.69. The van der Waals surface area contributed by atoms with Crippen molar-refractivity contribution in [2.45, 2.75) is 25.7 Å². The van der Waals surface area contributed by atoms with Gasteiger partial charge in [-0.3, -0.25) is 4.98 Å². The summed E-state index contributed by atoms with van der Waals surface area (Å²) in [6.45, 7) is 0. The largest absolute Gasteiger partial charge is 0.506 e. The van der Waals surface area contributed by atoms with Gasteiger partial charge in [-0.15, -0.1) is 5.10 Å². The Bertz CT molecular complexity index is 866. The third-order valence-electron chi connectivity index (χ3n) is 4.09. The Labute approximate surface area is 127 Å². The predicted octanol–water partition coefficient (Wildman–Crippen LogP) is 3.48. The summed E-state index contributed by atoms with van der Waals surface area (Å²) in [6, 6.07) is 7.27. The van der Waals surface area contributed by atoms with Gasteiger partial charge in [0.2, 0.25) is 0 Å². The molecule has 0 saturated carbocycles. The predicted molar refractivity (Wildman–Crippen MR) is 84.8 cm³/mol. The molecule has 0 saturated heterocycles. The minimum Gasteiger partial charge on any atom is -0.506 e. The van der Waals surface area contributed by atoms with Gasteiger partial charge in [0.25, 0.3) is 0 Å². The Morgan fingerprint density at radius 3 is 2.95 bits per heavy atom. The molecule has 0 unspecified atom stereocenters. The number of phenols is 1. The van der Waals surface area contributed by atoms with Gasteiger partial charge in [-0.05, 0) is 55.5 Å². The molecule has 1 N–H and O–H groups in total. The van der Waals surface area contributed by atoms with E-state index in [1.807, 2.05) is 24.4 Å². The summed E-state index contributed by atoms with van der Waals surface area (Å²) in [7, 11) is 0. The van der Waals surface area contributed by atoms with Crippen LogP contribution in [0.25, 0.3) is 22.2 Å². The van der Waals surface area contributed by atoms with E-state index in [2.05, 4.69) is 21.4 Å². The van der Waals surface area contributed by atoms with E-state index in [0.717, 1.165) is 29.6 Å². The molecule has 0 amide bonds. The van der Waals surface area contributed by atoms with Crippen molar-refractivity contribution in [2.24, 2.45) is 0 Å². The maximum atomic E-state index is 9.93. The number of aromatic hydroxyl groups is 1. The van der Waals surface area contributed by atoms with E-state index >= 15 is 0 Å². The van der Waals surface area contributed by atoms with Crippen LogP contribution in [0.2, 0.25) is 0 Å². The highest BCUT2D eigenvalue weighted by Gasteiger charge is 2.13. The van der Waals surface area contributed by atoms with Crippen molar-refractivity contribution in [3.05, 3.63) is 48.4 Å². The smallest absolute Gasteiger partial charge is 0.141 e. The number of pyridine rings is 1. The number of fused-ring (bicyclic) bond motifs is 1. The molecule has 0 atom stereocenters. The summed E-state index contributed by atoms with van der Waals surface area (Å²) < 4.78 is 1.76. The Morgan fingerprint density at radius 2 is 2.09 bits per heavy atom. The van der Waals surface area contributed by atoms with Crippen molar-refractivity contribution >= 4 is 16.5 Å². The van der Waals surface area contributed by atoms with Crippen LogP contribution in [0.5, 0.6) is 5.75 Å². The fourth-order valence-electron chi connectivity index (χ4n) is 2.94. The van der Waals surface area contributed by atoms with Crippen LogP contribution in [0.15, 0.2) is 42.7 Å². The zero-order valence-corrected chi connectivity index (χ0v) is 12.1. The van der Waals surface area contributed by atoms with E-state index in [4.69, 9.17) is 0 Å². The highest BCUT2D eigenvalue weighted by Crippen LogP contribution is 2.29. The van der Waals surface area contributed by atoms with E-state index in [9.17, 15) is 5.11 Å². The minimum absolute atomic E-state index is 0.176. The molecule has 2 aromatic heterocycles. The molecule has 0 radical (unpaired) electrons. The molecule has 110 valence electrons. The van der Waals surface area contributed by atoms with Crippen molar-refractivity contribution in [2.75, 3.05) is 0 Å². The molecule has 22 heavy (non-hydrogen) atoms. The standard InChI is InChI=1S/C17H16N4O/c22-16-9-8-15(13-7-4-10-18-17(13)16)21-11-14(19-20-21)12-5-2-1-3-6-12/h4-5,7-11,22H,1-3,6H2. The monoisotopic (exact) mass is 292 g/mol. The van der Waals surface area contributed by atoms with Gasteiger partial charge in [-0.1, -0.05) is 11.3 Å². The van der Waals surface area contributed by atoms with Crippen molar-refractivity contribution in [3.8, 4) is 11.4 Å². The number of benzene rings is 1. The molecule has 5 heteroatoms. The van der Waals surface area contributed by atoms with Crippen molar-refractivity contribution < 1.29 is 5.11 Å². The van der Waals surface area contributed by atoms with Crippen molar-refractivity contribution in [1.82, 2.24) is 20.0 Å². The summed E-state index contributed by atoms with van der Waals surface area (Å²) in [5.41, 5.74) is 3.66. The van der Waals surface area contributed by atoms with E-state index in [1.165, 1.54) is 18.4 Å². The lowest BCUT2D eigenvalue weighted by Gasteiger charge is -2.09. The number of allylic oxidation sites excluding steroid dienone is 2. The maximum absolute atomic E-state index is 9.93. The molecule has 0 bridgehead atoms. The van der Waals surface area contributed by atoms with E-state index in [0.29, 0.717) is 5.52 Å². The van der Waals surface area contributed by atoms with Gasteiger partial charge in [-0.25, -0.2) is 4.68 Å². The van der Waals surface area contributed by atoms with Crippen LogP contribution in [0.3, 0.4) is 0 Å². The normalized spacial score (nSPS) is 15.0. The molecule has 4 rings (SSSR count). The van der Waals surface area contributed by atoms with Crippen LogP contribution in [-0.4, -0.2) is 25.1 Å². The molecule has 0 fully saturated rings. The average molecular weight is 292 g/mol. The van der Waals surface area contributed by atoms with Gasteiger partial charge >= 0.3 is 0 Å². The molecule has 1 aliphatic carbocycles. The molecule has 3 aromatic rings. The second kappa shape index (κ2) is 5.26. The van der Waals surface area contributed by atoms with Gasteiger partial charge < -0.3 is 5.11 Å². The Morgan fingerprint density at radius 1 is 1.14 bits per heavy atom. The van der Waals surface area contributed by atoms with Gasteiger partial charge in [0, 0.05) is 11.6 Å². The lowest BCUT2D eigenvalue weighted by Crippen LogP contribution is -1.96. The molecule has 1 aromatic carbocycles. The summed E-state index contributed by atoms with van der Waals surface area (Å²) in [6.07, 6.45) is 10.5. The van der Waals surface area contributed by atoms with Gasteiger partial charge in [0.1, 0.15) is 17.0 Å². The van der Waals surface area contributed by atoms with Gasteiger partial charge in [0.15, 0.2) is 0 Å². The Kier molecular flexibility index (Phi) is 3.11. The molecule has 0 spiro atoms. The highest BCUT2D eigenvalue weighted by molar-refractivity contribution is 5.91. The van der Waals surface area contributed by atoms with E-state index in [1.54, 1.807) is 16.9 Å². The van der Waals surface area contributed by atoms with Crippen LogP contribution in [0.1, 0.15) is 31.4 Å². The van der Waals surface area contributed by atoms with Crippen LogP contribution >= 0.6 is 0 Å². The fraction of sp³-hybridized carbons (Fsp3) is 0.235. The van der Waals surface area contributed by atoms with Gasteiger partial charge in [-0.2, -0.15) is 0 Å². The third kappa shape index (κ3) is 2.15. The lowest BCUT2D eigenvalue weighted by molar-refractivity contribution is 0.480. The quantitative estimate of drug-likeness (QED) is 0.785. The number of hydrogen-bond acceptors (Lipinski definition) is 4. The molecule has 1 aliphatic rings. The molecule has 0 aliphatic heterocycles. The average Bonchev–Trinajstić information content (AvgIpc) is 3.06. The first-order chi connectivity index (χ1) is 10.8. The topological polar surface area (TPSA) is 63.8 Å². The minimum atomic E-state index is 0.176. The molecular formula is C17H16N4O. The second-order valence-electron chi connectivity index (χ2n) is 5.53. The van der Waals surface area contributed by atoms with Crippen LogP contribution in [0.4, 0.5) is 0 Å². The van der Waals surface area contributed by atoms with Crippen LogP contribution in [-0.2, 0) is 0 Å². The number of hydrogen-bond donors (Lipinski definition) is 1. The third-order valence-corrected chi connectivity index (χ3v) is 4.09. The van der Waals surface area contributed by atoms with Crippen molar-refractivity contribution in [3.63, 3.8) is 0 Å². The first-order valence-corrected chi connectivity index (χ1v) is 7.52. The number of nitrogens with zero attached hydrogens (tertiary/aromatic N) is 4. The second-order valence-corrected chi connectivity index (χ2v) is 5.53. The van der Waals surface area contributed by atoms with E-state index < -0.39 is 0 Å². The maximum Gasteiger partial charge on any atom is 0.141 e. The summed E-state index contributed by atoms with van der Waals surface area (Å²) in [4.78, 5) is 4.24. The number of phenolic OH excluding ortho intramolecular Hbond substituents is 1. The SMILES string of the molecule is Oc1ccc(-n2cc(C3=CCCCC3)nn2)c2cccnc12. The zero-order valence-electron chi connectivity index (χ0n) is 12.1. The number of aromatic nitrogens is 4. The first kappa shape index (κ1) is 13.0. The fourth-order valence-corrected chi connectivity index (χ4v) is 2.94. The van der Waals surface area contributed by atoms with Crippen molar-refractivity contribution in [1.29, 1.82) is 0 Å². The van der Waals surface area contributed by atoms with Crippen LogP contribution in [0, 0.1) is 0 Å². The lowest BCUT2D eigenvalue weighted by atomic mass is 9.98. The Balaban J connectivity index is 1.81. The van der Waals surface area contributed by atoms with E-state index in [-0.39, 0.29) is 5.75 Å². The number of rotatable bonds is 2. The molecular weight excluding hydrogens is 276 g/mol. The van der Waals surface area contributed by atoms with Crippen LogP contribution < -0.4 is 0 Å².